The van der Waals surface area contributed by atoms with Gasteiger partial charge in [-0.05, 0) is 19.8 Å². The number of hydrogen-bond acceptors (Lipinski definition) is 5. The molecular weight excluding hydrogens is 254 g/mol. The molecule has 110 valence electrons. The van der Waals surface area contributed by atoms with Crippen molar-refractivity contribution in [3.8, 4) is 0 Å². The highest BCUT2D eigenvalue weighted by atomic mass is 16.2. The Morgan fingerprint density at radius 2 is 2.05 bits per heavy atom. The van der Waals surface area contributed by atoms with E-state index in [1.807, 2.05) is 24.9 Å². The van der Waals surface area contributed by atoms with Crippen LogP contribution in [0.1, 0.15) is 31.5 Å². The molecule has 0 unspecified atom stereocenters. The van der Waals surface area contributed by atoms with Crippen LogP contribution in [0, 0.1) is 0 Å². The highest BCUT2D eigenvalue weighted by Gasteiger charge is 2.27. The van der Waals surface area contributed by atoms with Crippen molar-refractivity contribution in [2.24, 2.45) is 0 Å². The summed E-state index contributed by atoms with van der Waals surface area (Å²) in [5.74, 6) is 3.08. The average molecular weight is 277 g/mol. The van der Waals surface area contributed by atoms with Crippen molar-refractivity contribution < 1.29 is 4.79 Å². The lowest BCUT2D eigenvalue weighted by atomic mass is 10.3. The van der Waals surface area contributed by atoms with Gasteiger partial charge < -0.3 is 15.1 Å². The molecule has 0 aliphatic heterocycles. The van der Waals surface area contributed by atoms with Crippen LogP contribution in [-0.4, -0.2) is 55.0 Å². The van der Waals surface area contributed by atoms with Gasteiger partial charge in [-0.15, -0.1) is 0 Å². The number of amides is 1. The zero-order valence-electron chi connectivity index (χ0n) is 12.7. The smallest absolute Gasteiger partial charge is 0.241 e. The van der Waals surface area contributed by atoms with Gasteiger partial charge in [-0.2, -0.15) is 0 Å². The number of nitrogens with zero attached hydrogens (tertiary/aromatic N) is 4. The van der Waals surface area contributed by atoms with Gasteiger partial charge in [0.25, 0.3) is 0 Å². The molecule has 6 heteroatoms. The van der Waals surface area contributed by atoms with E-state index in [2.05, 4.69) is 15.3 Å². The fraction of sp³-hybridized carbons (Fsp3) is 0.643. The summed E-state index contributed by atoms with van der Waals surface area (Å²) in [6.07, 6.45) is 2.32. The minimum absolute atomic E-state index is 0.0593. The predicted molar refractivity (Wildman–Crippen MR) is 80.1 cm³/mol. The number of rotatable bonds is 6. The monoisotopic (exact) mass is 277 g/mol. The molecular formula is C14H23N5O. The largest absolute Gasteiger partial charge is 0.370 e. The summed E-state index contributed by atoms with van der Waals surface area (Å²) < 4.78 is 0. The second kappa shape index (κ2) is 6.07. The first-order valence-corrected chi connectivity index (χ1v) is 7.05. The van der Waals surface area contributed by atoms with Gasteiger partial charge in [-0.1, -0.05) is 0 Å². The maximum Gasteiger partial charge on any atom is 0.241 e. The number of likely N-dealkylation sites (N-methyl/N-ethyl adjacent to an activating group) is 2. The molecule has 20 heavy (non-hydrogen) atoms. The zero-order chi connectivity index (χ0) is 14.7. The highest BCUT2D eigenvalue weighted by Crippen LogP contribution is 2.39. The Morgan fingerprint density at radius 3 is 2.60 bits per heavy atom. The minimum atomic E-state index is 0.0593. The molecule has 1 aliphatic carbocycles. The second-order valence-electron chi connectivity index (χ2n) is 5.42. The fourth-order valence-electron chi connectivity index (χ4n) is 1.87. The number of hydrogen-bond donors (Lipinski definition) is 1. The lowest BCUT2D eigenvalue weighted by molar-refractivity contribution is -0.127. The first-order chi connectivity index (χ1) is 9.51. The van der Waals surface area contributed by atoms with Crippen molar-refractivity contribution in [2.75, 3.05) is 44.4 Å². The summed E-state index contributed by atoms with van der Waals surface area (Å²) in [4.78, 5) is 24.4. The van der Waals surface area contributed by atoms with E-state index in [1.54, 1.807) is 19.0 Å². The molecule has 1 fully saturated rings. The van der Waals surface area contributed by atoms with Crippen LogP contribution in [0.25, 0.3) is 0 Å². The molecule has 1 aliphatic rings. The Labute approximate surface area is 120 Å². The third-order valence-corrected chi connectivity index (χ3v) is 3.29. The van der Waals surface area contributed by atoms with Crippen LogP contribution in [0.3, 0.4) is 0 Å². The van der Waals surface area contributed by atoms with E-state index >= 15 is 0 Å². The molecule has 0 atom stereocenters. The van der Waals surface area contributed by atoms with Gasteiger partial charge in [0.1, 0.15) is 17.5 Å². The summed E-state index contributed by atoms with van der Waals surface area (Å²) >= 11 is 0. The third-order valence-electron chi connectivity index (χ3n) is 3.29. The summed E-state index contributed by atoms with van der Waals surface area (Å²) in [6, 6.07) is 1.90. The van der Waals surface area contributed by atoms with Gasteiger partial charge in [-0.25, -0.2) is 9.97 Å². The van der Waals surface area contributed by atoms with Crippen LogP contribution in [0.2, 0.25) is 0 Å². The molecule has 1 aromatic heterocycles. The van der Waals surface area contributed by atoms with Crippen LogP contribution in [-0.2, 0) is 4.79 Å². The van der Waals surface area contributed by atoms with E-state index in [0.29, 0.717) is 12.5 Å². The van der Waals surface area contributed by atoms with Crippen molar-refractivity contribution in [3.63, 3.8) is 0 Å². The number of aromatic nitrogens is 2. The second-order valence-corrected chi connectivity index (χ2v) is 5.42. The summed E-state index contributed by atoms with van der Waals surface area (Å²) in [5.41, 5.74) is 0. The number of anilines is 2. The SMILES string of the molecule is CCNc1cc(N(C)CC(=O)N(C)C)nc(C2CC2)n1. The Bertz CT molecular complexity index is 484. The molecule has 0 aromatic carbocycles. The molecule has 1 saturated carbocycles. The summed E-state index contributed by atoms with van der Waals surface area (Å²) in [7, 11) is 5.40. The Kier molecular flexibility index (Phi) is 4.42. The van der Waals surface area contributed by atoms with Gasteiger partial charge in [0.2, 0.25) is 5.91 Å². The first kappa shape index (κ1) is 14.6. The Morgan fingerprint density at radius 1 is 1.35 bits per heavy atom. The quantitative estimate of drug-likeness (QED) is 0.849. The summed E-state index contributed by atoms with van der Waals surface area (Å²) in [5, 5.41) is 3.23. The van der Waals surface area contributed by atoms with Gasteiger partial charge >= 0.3 is 0 Å². The first-order valence-electron chi connectivity index (χ1n) is 7.05. The van der Waals surface area contributed by atoms with Crippen molar-refractivity contribution in [1.82, 2.24) is 14.9 Å². The van der Waals surface area contributed by atoms with Gasteiger partial charge in [-0.3, -0.25) is 4.79 Å². The van der Waals surface area contributed by atoms with Gasteiger partial charge in [0, 0.05) is 39.7 Å². The molecule has 1 amide bonds. The summed E-state index contributed by atoms with van der Waals surface area (Å²) in [6.45, 7) is 3.18. The van der Waals surface area contributed by atoms with E-state index in [0.717, 1.165) is 36.8 Å². The average Bonchev–Trinajstić information content (AvgIpc) is 3.22. The minimum Gasteiger partial charge on any atom is -0.370 e. The molecule has 1 heterocycles. The van der Waals surface area contributed by atoms with Crippen LogP contribution < -0.4 is 10.2 Å². The molecule has 1 N–H and O–H groups in total. The number of carbonyl (C=O) groups is 1. The van der Waals surface area contributed by atoms with Crippen LogP contribution >= 0.6 is 0 Å². The fourth-order valence-corrected chi connectivity index (χ4v) is 1.87. The van der Waals surface area contributed by atoms with Crippen LogP contribution in [0.4, 0.5) is 11.6 Å². The van der Waals surface area contributed by atoms with Crippen molar-refractivity contribution in [1.29, 1.82) is 0 Å². The van der Waals surface area contributed by atoms with Crippen molar-refractivity contribution >= 4 is 17.5 Å². The van der Waals surface area contributed by atoms with E-state index in [4.69, 9.17) is 0 Å². The lowest BCUT2D eigenvalue weighted by Crippen LogP contribution is -2.34. The maximum absolute atomic E-state index is 11.8. The zero-order valence-corrected chi connectivity index (χ0v) is 12.7. The van der Waals surface area contributed by atoms with Crippen molar-refractivity contribution in [3.05, 3.63) is 11.9 Å². The van der Waals surface area contributed by atoms with Gasteiger partial charge in [0.05, 0.1) is 6.54 Å². The molecule has 2 rings (SSSR count). The Balaban J connectivity index is 2.18. The number of carbonyl (C=O) groups excluding carboxylic acids is 1. The molecule has 6 nitrogen and oxygen atoms in total. The molecule has 0 bridgehead atoms. The molecule has 0 saturated heterocycles. The van der Waals surface area contributed by atoms with E-state index < -0.39 is 0 Å². The van der Waals surface area contributed by atoms with Crippen LogP contribution in [0.15, 0.2) is 6.07 Å². The highest BCUT2D eigenvalue weighted by molar-refractivity contribution is 5.80. The molecule has 1 aromatic rings. The van der Waals surface area contributed by atoms with E-state index in [-0.39, 0.29) is 5.91 Å². The topological polar surface area (TPSA) is 61.4 Å². The molecule has 0 radical (unpaired) electrons. The standard InChI is InChI=1S/C14H23N5O/c1-5-15-11-8-12(17-14(16-11)10-6-7-10)19(4)9-13(20)18(2)3/h8,10H,5-7,9H2,1-4H3,(H,15,16,17). The Hall–Kier alpha value is -1.85. The van der Waals surface area contributed by atoms with Crippen LogP contribution in [0.5, 0.6) is 0 Å². The maximum atomic E-state index is 11.8. The van der Waals surface area contributed by atoms with E-state index in [1.165, 1.54) is 0 Å². The molecule has 0 spiro atoms. The third kappa shape index (κ3) is 3.59. The van der Waals surface area contributed by atoms with E-state index in [9.17, 15) is 4.79 Å². The predicted octanol–water partition coefficient (Wildman–Crippen LogP) is 1.31. The number of nitrogens with one attached hydrogen (secondary N) is 1. The van der Waals surface area contributed by atoms with Gasteiger partial charge in [0.15, 0.2) is 0 Å². The normalized spacial score (nSPS) is 14.0. The van der Waals surface area contributed by atoms with Crippen molar-refractivity contribution in [2.45, 2.75) is 25.7 Å². The lowest BCUT2D eigenvalue weighted by Gasteiger charge is -2.21.